The number of nitrogens with two attached hydrogens (primary N) is 1. The van der Waals surface area contributed by atoms with Gasteiger partial charge in [0.05, 0.1) is 18.2 Å². The van der Waals surface area contributed by atoms with Crippen LogP contribution in [0.15, 0.2) is 55.1 Å². The van der Waals surface area contributed by atoms with Gasteiger partial charge in [-0.3, -0.25) is 4.57 Å². The molecule has 1 aromatic carbocycles. The zero-order valence-electron chi connectivity index (χ0n) is 9.99. The number of anilines is 1. The summed E-state index contributed by atoms with van der Waals surface area (Å²) in [6, 6.07) is 12.0. The minimum Gasteiger partial charge on any atom is -0.384 e. The van der Waals surface area contributed by atoms with E-state index in [1.165, 1.54) is 3.57 Å². The van der Waals surface area contributed by atoms with Crippen LogP contribution in [0.3, 0.4) is 0 Å². The molecular formula is C14H11IN4. The second-order valence-electron chi connectivity index (χ2n) is 4.09. The Morgan fingerprint density at radius 3 is 2.63 bits per heavy atom. The molecule has 0 unspecified atom stereocenters. The number of hydrogen-bond acceptors (Lipinski definition) is 3. The van der Waals surface area contributed by atoms with E-state index in [9.17, 15) is 0 Å². The van der Waals surface area contributed by atoms with Gasteiger partial charge in [0, 0.05) is 21.0 Å². The Balaban J connectivity index is 2.10. The van der Waals surface area contributed by atoms with E-state index in [2.05, 4.69) is 56.8 Å². The van der Waals surface area contributed by atoms with Crippen molar-refractivity contribution in [1.82, 2.24) is 14.5 Å². The molecule has 2 aromatic heterocycles. The van der Waals surface area contributed by atoms with Crippen molar-refractivity contribution in [3.63, 3.8) is 0 Å². The Kier molecular flexibility index (Phi) is 3.20. The highest BCUT2D eigenvalue weighted by molar-refractivity contribution is 14.1. The summed E-state index contributed by atoms with van der Waals surface area (Å²) in [6.45, 7) is 0. The maximum atomic E-state index is 5.73. The second-order valence-corrected chi connectivity index (χ2v) is 5.34. The Morgan fingerprint density at radius 2 is 1.89 bits per heavy atom. The summed E-state index contributed by atoms with van der Waals surface area (Å²) in [5.74, 6) is 0.507. The molecule has 0 saturated heterocycles. The van der Waals surface area contributed by atoms with E-state index in [4.69, 9.17) is 5.73 Å². The highest BCUT2D eigenvalue weighted by atomic mass is 127. The van der Waals surface area contributed by atoms with Gasteiger partial charge in [-0.2, -0.15) is 0 Å². The van der Waals surface area contributed by atoms with Crippen molar-refractivity contribution < 1.29 is 0 Å². The number of nitrogen functional groups attached to an aromatic ring is 1. The van der Waals surface area contributed by atoms with Crippen LogP contribution in [0.5, 0.6) is 0 Å². The first-order valence-corrected chi connectivity index (χ1v) is 6.82. The number of pyridine rings is 1. The molecule has 0 aliphatic rings. The normalized spacial score (nSPS) is 10.6. The van der Waals surface area contributed by atoms with Gasteiger partial charge in [0.2, 0.25) is 0 Å². The van der Waals surface area contributed by atoms with E-state index in [0.717, 1.165) is 16.9 Å². The second kappa shape index (κ2) is 5.00. The summed E-state index contributed by atoms with van der Waals surface area (Å²) >= 11 is 2.29. The molecule has 19 heavy (non-hydrogen) atoms. The van der Waals surface area contributed by atoms with E-state index in [1.54, 1.807) is 12.5 Å². The van der Waals surface area contributed by atoms with E-state index in [0.29, 0.717) is 5.82 Å². The Hall–Kier alpha value is -1.89. The lowest BCUT2D eigenvalue weighted by Gasteiger charge is -2.08. The third-order valence-electron chi connectivity index (χ3n) is 2.82. The molecule has 3 rings (SSSR count). The van der Waals surface area contributed by atoms with Gasteiger partial charge in [-0.15, -0.1) is 0 Å². The van der Waals surface area contributed by atoms with E-state index < -0.39 is 0 Å². The lowest BCUT2D eigenvalue weighted by Crippen LogP contribution is -1.96. The first-order chi connectivity index (χ1) is 9.24. The largest absolute Gasteiger partial charge is 0.384 e. The van der Waals surface area contributed by atoms with Gasteiger partial charge < -0.3 is 5.73 Å². The molecule has 2 N–H and O–H groups in total. The van der Waals surface area contributed by atoms with Crippen molar-refractivity contribution in [3.05, 3.63) is 58.7 Å². The van der Waals surface area contributed by atoms with Crippen LogP contribution in [0.4, 0.5) is 5.82 Å². The zero-order chi connectivity index (χ0) is 13.2. The van der Waals surface area contributed by atoms with Crippen LogP contribution in [0.1, 0.15) is 0 Å². The predicted octanol–water partition coefficient (Wildman–Crippen LogP) is 3.12. The average molecular weight is 362 g/mol. The van der Waals surface area contributed by atoms with Crippen molar-refractivity contribution in [2.75, 3.05) is 5.73 Å². The molecule has 0 spiro atoms. The summed E-state index contributed by atoms with van der Waals surface area (Å²) in [5.41, 5.74) is 8.80. The number of halogens is 1. The number of aromatic nitrogens is 3. The van der Waals surface area contributed by atoms with Crippen LogP contribution in [-0.4, -0.2) is 14.5 Å². The molecule has 94 valence electrons. The molecule has 5 heteroatoms. The maximum Gasteiger partial charge on any atom is 0.123 e. The fourth-order valence-corrected chi connectivity index (χ4v) is 2.28. The minimum absolute atomic E-state index is 0.507. The fourth-order valence-electron chi connectivity index (χ4n) is 1.92. The molecular weight excluding hydrogens is 351 g/mol. The average Bonchev–Trinajstić information content (AvgIpc) is 2.89. The molecule has 0 bridgehead atoms. The van der Waals surface area contributed by atoms with Gasteiger partial charge >= 0.3 is 0 Å². The molecule has 0 fully saturated rings. The van der Waals surface area contributed by atoms with E-state index in [-0.39, 0.29) is 0 Å². The standard InChI is InChI=1S/C14H11IN4/c15-11-1-3-12(4-2-11)19-9-17-8-13(19)10-5-6-18-14(16)7-10/h1-9H,(H2,16,18). The van der Waals surface area contributed by atoms with Crippen molar-refractivity contribution in [3.8, 4) is 16.9 Å². The first kappa shape index (κ1) is 12.2. The van der Waals surface area contributed by atoms with Crippen molar-refractivity contribution in [1.29, 1.82) is 0 Å². The molecule has 0 atom stereocenters. The zero-order valence-corrected chi connectivity index (χ0v) is 12.2. The smallest absolute Gasteiger partial charge is 0.123 e. The van der Waals surface area contributed by atoms with Crippen LogP contribution in [-0.2, 0) is 0 Å². The molecule has 3 aromatic rings. The third kappa shape index (κ3) is 2.46. The number of hydrogen-bond donors (Lipinski definition) is 1. The lowest BCUT2D eigenvalue weighted by atomic mass is 10.2. The summed E-state index contributed by atoms with van der Waals surface area (Å²) < 4.78 is 3.24. The summed E-state index contributed by atoms with van der Waals surface area (Å²) in [7, 11) is 0. The van der Waals surface area contributed by atoms with E-state index in [1.807, 2.05) is 22.9 Å². The van der Waals surface area contributed by atoms with Crippen LogP contribution < -0.4 is 5.73 Å². The Bertz CT molecular complexity index is 703. The molecule has 0 amide bonds. The Labute approximate surface area is 124 Å². The number of imidazole rings is 1. The topological polar surface area (TPSA) is 56.7 Å². The predicted molar refractivity (Wildman–Crippen MR) is 83.9 cm³/mol. The SMILES string of the molecule is Nc1cc(-c2cncn2-c2ccc(I)cc2)ccn1. The number of rotatable bonds is 2. The summed E-state index contributed by atoms with van der Waals surface area (Å²) in [6.07, 6.45) is 5.33. The quantitative estimate of drug-likeness (QED) is 0.713. The van der Waals surface area contributed by atoms with Gasteiger partial charge in [0.25, 0.3) is 0 Å². The van der Waals surface area contributed by atoms with Crippen molar-refractivity contribution in [2.45, 2.75) is 0 Å². The van der Waals surface area contributed by atoms with E-state index >= 15 is 0 Å². The van der Waals surface area contributed by atoms with Gasteiger partial charge in [-0.05, 0) is 59.0 Å². The lowest BCUT2D eigenvalue weighted by molar-refractivity contribution is 1.06. The highest BCUT2D eigenvalue weighted by Crippen LogP contribution is 2.23. The van der Waals surface area contributed by atoms with Crippen molar-refractivity contribution >= 4 is 28.4 Å². The highest BCUT2D eigenvalue weighted by Gasteiger charge is 2.07. The molecule has 4 nitrogen and oxygen atoms in total. The van der Waals surface area contributed by atoms with Gasteiger partial charge in [-0.1, -0.05) is 0 Å². The molecule has 2 heterocycles. The van der Waals surface area contributed by atoms with Gasteiger partial charge in [-0.25, -0.2) is 9.97 Å². The van der Waals surface area contributed by atoms with Crippen LogP contribution in [0, 0.1) is 3.57 Å². The Morgan fingerprint density at radius 1 is 1.11 bits per heavy atom. The van der Waals surface area contributed by atoms with Crippen LogP contribution >= 0.6 is 22.6 Å². The van der Waals surface area contributed by atoms with Gasteiger partial charge in [0.1, 0.15) is 5.82 Å². The number of nitrogens with zero attached hydrogens (tertiary/aromatic N) is 3. The molecule has 0 radical (unpaired) electrons. The molecule has 0 aliphatic carbocycles. The molecule has 0 saturated carbocycles. The maximum absolute atomic E-state index is 5.73. The third-order valence-corrected chi connectivity index (χ3v) is 3.54. The fraction of sp³-hybridized carbons (Fsp3) is 0. The van der Waals surface area contributed by atoms with Gasteiger partial charge in [0.15, 0.2) is 0 Å². The van der Waals surface area contributed by atoms with Crippen molar-refractivity contribution in [2.24, 2.45) is 0 Å². The monoisotopic (exact) mass is 362 g/mol. The molecule has 0 aliphatic heterocycles. The number of benzene rings is 1. The minimum atomic E-state index is 0.507. The van der Waals surface area contributed by atoms with Crippen LogP contribution in [0.25, 0.3) is 16.9 Å². The summed E-state index contributed by atoms with van der Waals surface area (Å²) in [4.78, 5) is 8.24. The first-order valence-electron chi connectivity index (χ1n) is 5.74. The summed E-state index contributed by atoms with van der Waals surface area (Å²) in [5, 5.41) is 0. The van der Waals surface area contributed by atoms with Crippen LogP contribution in [0.2, 0.25) is 0 Å².